The van der Waals surface area contributed by atoms with Gasteiger partial charge in [0.05, 0.1) is 17.5 Å². The van der Waals surface area contributed by atoms with Gasteiger partial charge in [-0.15, -0.1) is 0 Å². The van der Waals surface area contributed by atoms with Gasteiger partial charge < -0.3 is 10.6 Å². The van der Waals surface area contributed by atoms with Crippen molar-refractivity contribution in [1.82, 2.24) is 5.32 Å². The van der Waals surface area contributed by atoms with Gasteiger partial charge in [-0.25, -0.2) is 0 Å². The largest absolute Gasteiger partial charge is 0.376 e. The predicted octanol–water partition coefficient (Wildman–Crippen LogP) is 2.88. The Bertz CT molecular complexity index is 659. The lowest BCUT2D eigenvalue weighted by molar-refractivity contribution is -0.384. The third kappa shape index (κ3) is 4.31. The van der Waals surface area contributed by atoms with E-state index in [9.17, 15) is 14.9 Å². The summed E-state index contributed by atoms with van der Waals surface area (Å²) in [5.74, 6) is -0.178. The Morgan fingerprint density at radius 1 is 1.18 bits per heavy atom. The minimum absolute atomic E-state index is 0.0111. The number of amides is 1. The van der Waals surface area contributed by atoms with Crippen LogP contribution in [0.3, 0.4) is 0 Å². The van der Waals surface area contributed by atoms with Gasteiger partial charge in [0, 0.05) is 17.8 Å². The van der Waals surface area contributed by atoms with E-state index in [-0.39, 0.29) is 24.2 Å². The number of nitro groups is 1. The molecule has 2 aromatic carbocycles. The van der Waals surface area contributed by atoms with Crippen molar-refractivity contribution in [2.75, 3.05) is 11.9 Å². The molecule has 1 atom stereocenters. The molecule has 0 unspecified atom stereocenters. The monoisotopic (exact) mass is 299 g/mol. The molecular formula is C16H17N3O3. The Kier molecular flexibility index (Phi) is 5.08. The van der Waals surface area contributed by atoms with Crippen molar-refractivity contribution in [2.24, 2.45) is 0 Å². The molecule has 0 radical (unpaired) electrons. The second kappa shape index (κ2) is 7.21. The van der Waals surface area contributed by atoms with Crippen LogP contribution in [0.5, 0.6) is 0 Å². The number of hydrogen-bond donors (Lipinski definition) is 2. The molecule has 0 saturated carbocycles. The molecule has 1 amide bonds. The molecule has 0 fully saturated rings. The lowest BCUT2D eigenvalue weighted by atomic mass is 10.1. The summed E-state index contributed by atoms with van der Waals surface area (Å²) >= 11 is 0. The van der Waals surface area contributed by atoms with Gasteiger partial charge in [0.15, 0.2) is 0 Å². The smallest absolute Gasteiger partial charge is 0.271 e. The van der Waals surface area contributed by atoms with Crippen molar-refractivity contribution in [1.29, 1.82) is 0 Å². The van der Waals surface area contributed by atoms with Gasteiger partial charge in [-0.2, -0.15) is 0 Å². The summed E-state index contributed by atoms with van der Waals surface area (Å²) in [6.07, 6.45) is 0. The Labute approximate surface area is 128 Å². The summed E-state index contributed by atoms with van der Waals surface area (Å²) in [5, 5.41) is 16.4. The minimum Gasteiger partial charge on any atom is -0.376 e. The molecule has 114 valence electrons. The van der Waals surface area contributed by atoms with Crippen LogP contribution >= 0.6 is 0 Å². The van der Waals surface area contributed by atoms with Gasteiger partial charge in [0.25, 0.3) is 5.69 Å². The fourth-order valence-corrected chi connectivity index (χ4v) is 2.03. The van der Waals surface area contributed by atoms with Crippen molar-refractivity contribution >= 4 is 17.3 Å². The van der Waals surface area contributed by atoms with E-state index in [1.54, 1.807) is 12.1 Å². The third-order valence-corrected chi connectivity index (χ3v) is 3.19. The van der Waals surface area contributed by atoms with E-state index in [0.717, 1.165) is 5.56 Å². The number of anilines is 1. The van der Waals surface area contributed by atoms with Crippen LogP contribution in [0.25, 0.3) is 0 Å². The zero-order valence-electron chi connectivity index (χ0n) is 12.2. The van der Waals surface area contributed by atoms with Gasteiger partial charge in [-0.3, -0.25) is 14.9 Å². The fraction of sp³-hybridized carbons (Fsp3) is 0.188. The number of nitrogens with one attached hydrogen (secondary N) is 2. The molecule has 6 heteroatoms. The number of carbonyl (C=O) groups excluding carboxylic acids is 1. The fourth-order valence-electron chi connectivity index (χ4n) is 2.03. The topological polar surface area (TPSA) is 84.3 Å². The molecule has 0 aliphatic heterocycles. The second-order valence-electron chi connectivity index (χ2n) is 4.86. The first-order valence-corrected chi connectivity index (χ1v) is 6.89. The van der Waals surface area contributed by atoms with Crippen LogP contribution in [0.4, 0.5) is 11.4 Å². The molecule has 0 bridgehead atoms. The summed E-state index contributed by atoms with van der Waals surface area (Å²) in [4.78, 5) is 22.1. The number of benzene rings is 2. The number of rotatable bonds is 6. The zero-order valence-corrected chi connectivity index (χ0v) is 12.2. The molecule has 6 nitrogen and oxygen atoms in total. The average Bonchev–Trinajstić information content (AvgIpc) is 2.54. The summed E-state index contributed by atoms with van der Waals surface area (Å²) in [6, 6.07) is 15.6. The van der Waals surface area contributed by atoms with Gasteiger partial charge in [-0.05, 0) is 18.6 Å². The van der Waals surface area contributed by atoms with Crippen molar-refractivity contribution in [3.05, 3.63) is 70.3 Å². The molecule has 22 heavy (non-hydrogen) atoms. The summed E-state index contributed by atoms with van der Waals surface area (Å²) < 4.78 is 0. The Balaban J connectivity index is 1.88. The Morgan fingerprint density at radius 3 is 2.59 bits per heavy atom. The van der Waals surface area contributed by atoms with E-state index >= 15 is 0 Å². The van der Waals surface area contributed by atoms with Crippen LogP contribution in [0, 0.1) is 10.1 Å². The number of nitrogens with zero attached hydrogens (tertiary/aromatic N) is 1. The van der Waals surface area contributed by atoms with Crippen LogP contribution in [-0.2, 0) is 4.79 Å². The van der Waals surface area contributed by atoms with E-state index in [1.165, 1.54) is 12.1 Å². The first-order chi connectivity index (χ1) is 10.6. The quantitative estimate of drug-likeness (QED) is 0.634. The van der Waals surface area contributed by atoms with Crippen LogP contribution in [0.2, 0.25) is 0 Å². The molecule has 0 saturated heterocycles. The van der Waals surface area contributed by atoms with Gasteiger partial charge in [0.1, 0.15) is 0 Å². The molecule has 2 N–H and O–H groups in total. The number of carbonyl (C=O) groups is 1. The van der Waals surface area contributed by atoms with Crippen LogP contribution < -0.4 is 10.6 Å². The number of hydrogen-bond acceptors (Lipinski definition) is 4. The van der Waals surface area contributed by atoms with Crippen molar-refractivity contribution < 1.29 is 9.72 Å². The molecule has 0 aromatic heterocycles. The Morgan fingerprint density at radius 2 is 1.91 bits per heavy atom. The van der Waals surface area contributed by atoms with E-state index in [1.807, 2.05) is 37.3 Å². The van der Waals surface area contributed by atoms with E-state index in [2.05, 4.69) is 10.6 Å². The number of nitro benzene ring substituents is 1. The van der Waals surface area contributed by atoms with E-state index in [4.69, 9.17) is 0 Å². The van der Waals surface area contributed by atoms with Gasteiger partial charge >= 0.3 is 0 Å². The van der Waals surface area contributed by atoms with E-state index in [0.29, 0.717) is 5.69 Å². The summed E-state index contributed by atoms with van der Waals surface area (Å²) in [6.45, 7) is 1.96. The first-order valence-electron chi connectivity index (χ1n) is 6.89. The minimum atomic E-state index is -0.470. The van der Waals surface area contributed by atoms with E-state index < -0.39 is 4.92 Å². The highest BCUT2D eigenvalue weighted by molar-refractivity contribution is 5.81. The maximum absolute atomic E-state index is 11.9. The predicted molar refractivity (Wildman–Crippen MR) is 84.6 cm³/mol. The molecule has 2 aromatic rings. The average molecular weight is 299 g/mol. The Hall–Kier alpha value is -2.89. The van der Waals surface area contributed by atoms with Gasteiger partial charge in [-0.1, -0.05) is 36.4 Å². The summed E-state index contributed by atoms with van der Waals surface area (Å²) in [5.41, 5.74) is 1.55. The third-order valence-electron chi connectivity index (χ3n) is 3.19. The highest BCUT2D eigenvalue weighted by Gasteiger charge is 2.10. The van der Waals surface area contributed by atoms with Crippen molar-refractivity contribution in [3.8, 4) is 0 Å². The van der Waals surface area contributed by atoms with Crippen LogP contribution in [-0.4, -0.2) is 17.4 Å². The number of non-ortho nitro benzene ring substituents is 1. The SMILES string of the molecule is C[C@@H](NC(=O)CNc1cccc([N+](=O)[O-])c1)c1ccccc1. The molecule has 0 aliphatic rings. The van der Waals surface area contributed by atoms with Crippen LogP contribution in [0.15, 0.2) is 54.6 Å². The maximum Gasteiger partial charge on any atom is 0.271 e. The van der Waals surface area contributed by atoms with Crippen molar-refractivity contribution in [3.63, 3.8) is 0 Å². The molecule has 2 rings (SSSR count). The van der Waals surface area contributed by atoms with Crippen LogP contribution in [0.1, 0.15) is 18.5 Å². The molecule has 0 heterocycles. The lowest BCUT2D eigenvalue weighted by Crippen LogP contribution is -2.32. The van der Waals surface area contributed by atoms with Crippen molar-refractivity contribution in [2.45, 2.75) is 13.0 Å². The lowest BCUT2D eigenvalue weighted by Gasteiger charge is -2.14. The summed E-state index contributed by atoms with van der Waals surface area (Å²) in [7, 11) is 0. The highest BCUT2D eigenvalue weighted by Crippen LogP contribution is 2.16. The maximum atomic E-state index is 11.9. The molecular weight excluding hydrogens is 282 g/mol. The molecule has 0 aliphatic carbocycles. The first kappa shape index (κ1) is 15.5. The molecule has 0 spiro atoms. The zero-order chi connectivity index (χ0) is 15.9. The van der Waals surface area contributed by atoms with Gasteiger partial charge in [0.2, 0.25) is 5.91 Å². The standard InChI is InChI=1S/C16H17N3O3/c1-12(13-6-3-2-4-7-13)18-16(20)11-17-14-8-5-9-15(10-14)19(21)22/h2-10,12,17H,11H2,1H3,(H,18,20)/t12-/m1/s1. The highest BCUT2D eigenvalue weighted by atomic mass is 16.6. The second-order valence-corrected chi connectivity index (χ2v) is 4.86. The normalized spacial score (nSPS) is 11.5.